The molecule has 0 aromatic heterocycles. The van der Waals surface area contributed by atoms with Crippen molar-refractivity contribution in [3.05, 3.63) is 0 Å². The van der Waals surface area contributed by atoms with Crippen molar-refractivity contribution in [2.45, 2.75) is 45.1 Å². The van der Waals surface area contributed by atoms with E-state index >= 15 is 0 Å². The highest BCUT2D eigenvalue weighted by atomic mass is 16.1. The van der Waals surface area contributed by atoms with E-state index in [-0.39, 0.29) is 11.4 Å². The second-order valence-corrected chi connectivity index (χ2v) is 5.39. The Labute approximate surface area is 98.6 Å². The molecule has 4 heteroatoms. The summed E-state index contributed by atoms with van der Waals surface area (Å²) >= 11 is 0. The van der Waals surface area contributed by atoms with Gasteiger partial charge in [0.15, 0.2) is 0 Å². The van der Waals surface area contributed by atoms with Crippen molar-refractivity contribution in [3.8, 4) is 0 Å². The third-order valence-corrected chi connectivity index (χ3v) is 2.95. The van der Waals surface area contributed by atoms with Gasteiger partial charge in [-0.05, 0) is 46.2 Å². The lowest BCUT2D eigenvalue weighted by atomic mass is 10.00. The quantitative estimate of drug-likeness (QED) is 0.703. The van der Waals surface area contributed by atoms with Crippen LogP contribution in [0.3, 0.4) is 0 Å². The second-order valence-electron chi connectivity index (χ2n) is 5.39. The highest BCUT2D eigenvalue weighted by Gasteiger charge is 2.14. The molecule has 0 unspecified atom stereocenters. The van der Waals surface area contributed by atoms with Gasteiger partial charge >= 0.3 is 0 Å². The Morgan fingerprint density at radius 2 is 2.00 bits per heavy atom. The standard InChI is InChI=1S/C12H25N3O/c1-12(2,13)6-5-11(16)14-7-10-15-8-3-4-9-15/h3-10,13H2,1-2H3,(H,14,16). The molecule has 0 aromatic rings. The first-order valence-corrected chi connectivity index (χ1v) is 6.25. The topological polar surface area (TPSA) is 58.4 Å². The zero-order valence-corrected chi connectivity index (χ0v) is 10.6. The number of nitrogens with one attached hydrogen (secondary N) is 1. The number of likely N-dealkylation sites (tertiary alicyclic amines) is 1. The Bertz CT molecular complexity index is 217. The van der Waals surface area contributed by atoms with Crippen LogP contribution in [-0.4, -0.2) is 42.5 Å². The fourth-order valence-electron chi connectivity index (χ4n) is 1.88. The number of carbonyl (C=O) groups excluding carboxylic acids is 1. The summed E-state index contributed by atoms with van der Waals surface area (Å²) in [5, 5.41) is 2.95. The third kappa shape index (κ3) is 6.08. The molecule has 3 N–H and O–H groups in total. The molecule has 0 aromatic carbocycles. The largest absolute Gasteiger partial charge is 0.355 e. The lowest BCUT2D eigenvalue weighted by molar-refractivity contribution is -0.121. The predicted octanol–water partition coefficient (Wildman–Crippen LogP) is 0.716. The second kappa shape index (κ2) is 6.21. The van der Waals surface area contributed by atoms with Gasteiger partial charge in [0.1, 0.15) is 0 Å². The third-order valence-electron chi connectivity index (χ3n) is 2.95. The van der Waals surface area contributed by atoms with Crippen LogP contribution >= 0.6 is 0 Å². The van der Waals surface area contributed by atoms with Crippen molar-refractivity contribution in [2.75, 3.05) is 26.2 Å². The SMILES string of the molecule is CC(C)(N)CCC(=O)NCCN1CCCC1. The van der Waals surface area contributed by atoms with Crippen molar-refractivity contribution in [2.24, 2.45) is 5.73 Å². The molecule has 16 heavy (non-hydrogen) atoms. The van der Waals surface area contributed by atoms with Crippen molar-refractivity contribution in [1.29, 1.82) is 0 Å². The minimum Gasteiger partial charge on any atom is -0.355 e. The maximum absolute atomic E-state index is 11.5. The molecule has 1 heterocycles. The van der Waals surface area contributed by atoms with E-state index in [4.69, 9.17) is 5.73 Å². The lowest BCUT2D eigenvalue weighted by Gasteiger charge is -2.18. The maximum Gasteiger partial charge on any atom is 0.220 e. The summed E-state index contributed by atoms with van der Waals surface area (Å²) in [6.45, 7) is 8.02. The van der Waals surface area contributed by atoms with E-state index < -0.39 is 0 Å². The fraction of sp³-hybridized carbons (Fsp3) is 0.917. The number of carbonyl (C=O) groups is 1. The van der Waals surface area contributed by atoms with Gasteiger partial charge in [0.05, 0.1) is 0 Å². The molecule has 4 nitrogen and oxygen atoms in total. The molecule has 0 saturated carbocycles. The lowest BCUT2D eigenvalue weighted by Crippen LogP contribution is -2.36. The number of amides is 1. The highest BCUT2D eigenvalue weighted by molar-refractivity contribution is 5.75. The molecule has 1 aliphatic heterocycles. The molecule has 1 fully saturated rings. The molecule has 94 valence electrons. The van der Waals surface area contributed by atoms with E-state index in [2.05, 4.69) is 10.2 Å². The van der Waals surface area contributed by atoms with Gasteiger partial charge in [-0.15, -0.1) is 0 Å². The summed E-state index contributed by atoms with van der Waals surface area (Å²) in [5.41, 5.74) is 5.58. The molecule has 0 spiro atoms. The molecule has 1 saturated heterocycles. The fourth-order valence-corrected chi connectivity index (χ4v) is 1.88. The number of nitrogens with zero attached hydrogens (tertiary/aromatic N) is 1. The first-order chi connectivity index (χ1) is 7.47. The van der Waals surface area contributed by atoms with E-state index in [1.54, 1.807) is 0 Å². The van der Waals surface area contributed by atoms with Gasteiger partial charge in [0.2, 0.25) is 5.91 Å². The van der Waals surface area contributed by atoms with Gasteiger partial charge in [0.25, 0.3) is 0 Å². The first kappa shape index (κ1) is 13.5. The van der Waals surface area contributed by atoms with Crippen molar-refractivity contribution in [1.82, 2.24) is 10.2 Å². The molecule has 0 atom stereocenters. The number of hydrogen-bond acceptors (Lipinski definition) is 3. The molecule has 1 amide bonds. The maximum atomic E-state index is 11.5. The Hall–Kier alpha value is -0.610. The molecule has 1 rings (SSSR count). The van der Waals surface area contributed by atoms with E-state index in [1.165, 1.54) is 25.9 Å². The average molecular weight is 227 g/mol. The monoisotopic (exact) mass is 227 g/mol. The predicted molar refractivity (Wildman–Crippen MR) is 66.2 cm³/mol. The molecule has 0 bridgehead atoms. The zero-order valence-electron chi connectivity index (χ0n) is 10.6. The zero-order chi connectivity index (χ0) is 12.0. The Morgan fingerprint density at radius 3 is 2.56 bits per heavy atom. The van der Waals surface area contributed by atoms with Crippen molar-refractivity contribution < 1.29 is 4.79 Å². The minimum atomic E-state index is -0.244. The van der Waals surface area contributed by atoms with Crippen LogP contribution in [0.5, 0.6) is 0 Å². The molecule has 1 aliphatic rings. The van der Waals surface area contributed by atoms with Crippen LogP contribution in [0.15, 0.2) is 0 Å². The summed E-state index contributed by atoms with van der Waals surface area (Å²) in [6.07, 6.45) is 3.87. The molecular formula is C12H25N3O. The van der Waals surface area contributed by atoms with Gasteiger partial charge in [-0.3, -0.25) is 4.79 Å². The van der Waals surface area contributed by atoms with Gasteiger partial charge in [-0.25, -0.2) is 0 Å². The average Bonchev–Trinajstić information content (AvgIpc) is 2.66. The van der Waals surface area contributed by atoms with Crippen LogP contribution in [0.1, 0.15) is 39.5 Å². The van der Waals surface area contributed by atoms with Crippen molar-refractivity contribution >= 4 is 5.91 Å². The smallest absolute Gasteiger partial charge is 0.220 e. The Morgan fingerprint density at radius 1 is 1.38 bits per heavy atom. The van der Waals surface area contributed by atoms with Crippen LogP contribution < -0.4 is 11.1 Å². The van der Waals surface area contributed by atoms with Gasteiger partial charge in [-0.2, -0.15) is 0 Å². The summed E-state index contributed by atoms with van der Waals surface area (Å²) in [4.78, 5) is 13.9. The van der Waals surface area contributed by atoms with Crippen LogP contribution in [0.25, 0.3) is 0 Å². The number of hydrogen-bond donors (Lipinski definition) is 2. The van der Waals surface area contributed by atoms with E-state index in [0.717, 1.165) is 19.5 Å². The van der Waals surface area contributed by atoms with Crippen molar-refractivity contribution in [3.63, 3.8) is 0 Å². The normalized spacial score (nSPS) is 17.7. The molecule has 0 aliphatic carbocycles. The van der Waals surface area contributed by atoms with Gasteiger partial charge in [-0.1, -0.05) is 0 Å². The van der Waals surface area contributed by atoms with Gasteiger partial charge < -0.3 is 16.0 Å². The summed E-state index contributed by atoms with van der Waals surface area (Å²) in [7, 11) is 0. The van der Waals surface area contributed by atoms with Crippen LogP contribution in [-0.2, 0) is 4.79 Å². The Kier molecular flexibility index (Phi) is 5.22. The number of nitrogens with two attached hydrogens (primary N) is 1. The summed E-state index contributed by atoms with van der Waals surface area (Å²) < 4.78 is 0. The van der Waals surface area contributed by atoms with Crippen LogP contribution in [0, 0.1) is 0 Å². The number of rotatable bonds is 6. The Balaban J connectivity index is 2.01. The summed E-state index contributed by atoms with van der Waals surface area (Å²) in [5.74, 6) is 0.123. The van der Waals surface area contributed by atoms with E-state index in [1.807, 2.05) is 13.8 Å². The first-order valence-electron chi connectivity index (χ1n) is 6.25. The van der Waals surface area contributed by atoms with E-state index in [0.29, 0.717) is 6.42 Å². The van der Waals surface area contributed by atoms with Gasteiger partial charge in [0, 0.05) is 25.0 Å². The minimum absolute atomic E-state index is 0.123. The van der Waals surface area contributed by atoms with Crippen LogP contribution in [0.4, 0.5) is 0 Å². The molecular weight excluding hydrogens is 202 g/mol. The van der Waals surface area contributed by atoms with Crippen LogP contribution in [0.2, 0.25) is 0 Å². The summed E-state index contributed by atoms with van der Waals surface area (Å²) in [6, 6.07) is 0. The van der Waals surface area contributed by atoms with E-state index in [9.17, 15) is 4.79 Å². The highest BCUT2D eigenvalue weighted by Crippen LogP contribution is 2.07. The molecule has 0 radical (unpaired) electrons.